The van der Waals surface area contributed by atoms with Crippen molar-refractivity contribution in [3.05, 3.63) is 84.1 Å². The van der Waals surface area contributed by atoms with Gasteiger partial charge in [-0.1, -0.05) is 30.3 Å². The summed E-state index contributed by atoms with van der Waals surface area (Å²) in [7, 11) is 1.44. The Morgan fingerprint density at radius 3 is 2.60 bits per heavy atom. The van der Waals surface area contributed by atoms with Gasteiger partial charge in [0.25, 0.3) is 0 Å². The van der Waals surface area contributed by atoms with Crippen LogP contribution in [-0.2, 0) is 19.1 Å². The van der Waals surface area contributed by atoms with Crippen LogP contribution in [0.25, 0.3) is 10.9 Å². The average Bonchev–Trinajstić information content (AvgIpc) is 3.37. The minimum Gasteiger partial charge on any atom is -0.494 e. The number of piperazine rings is 1. The summed E-state index contributed by atoms with van der Waals surface area (Å²) in [5.41, 5.74) is 1.39. The van der Waals surface area contributed by atoms with Gasteiger partial charge in [0.2, 0.25) is 0 Å². The highest BCUT2D eigenvalue weighted by atomic mass is 19.4. The van der Waals surface area contributed by atoms with Crippen LogP contribution in [0.1, 0.15) is 17.1 Å². The summed E-state index contributed by atoms with van der Waals surface area (Å²) >= 11 is 0. The van der Waals surface area contributed by atoms with Crippen LogP contribution in [0.15, 0.2) is 67.0 Å². The topological polar surface area (TPSA) is 57.3 Å². The van der Waals surface area contributed by atoms with Crippen molar-refractivity contribution < 1.29 is 17.9 Å². The third kappa shape index (κ3) is 4.95. The molecule has 0 saturated carbocycles. The van der Waals surface area contributed by atoms with Crippen molar-refractivity contribution in [2.24, 2.45) is 0 Å². The van der Waals surface area contributed by atoms with Crippen LogP contribution in [0.4, 0.5) is 18.9 Å². The van der Waals surface area contributed by atoms with E-state index < -0.39 is 11.9 Å². The molecule has 1 unspecified atom stereocenters. The van der Waals surface area contributed by atoms with Gasteiger partial charge in [0.05, 0.1) is 13.7 Å². The Morgan fingerprint density at radius 1 is 1.06 bits per heavy atom. The molecular formula is C26H26F3N5O. The summed E-state index contributed by atoms with van der Waals surface area (Å²) in [6.45, 7) is 2.95. The number of H-pyrrole nitrogens is 1. The lowest BCUT2D eigenvalue weighted by atomic mass is 10.0. The third-order valence-corrected chi connectivity index (χ3v) is 6.47. The fourth-order valence-corrected chi connectivity index (χ4v) is 4.75. The number of ether oxygens (including phenoxy) is 1. The summed E-state index contributed by atoms with van der Waals surface area (Å²) in [5.74, 6) is 1.24. The zero-order chi connectivity index (χ0) is 24.4. The Morgan fingerprint density at radius 2 is 1.89 bits per heavy atom. The van der Waals surface area contributed by atoms with Gasteiger partial charge < -0.3 is 14.6 Å². The Bertz CT molecular complexity index is 1280. The van der Waals surface area contributed by atoms with E-state index in [0.29, 0.717) is 17.7 Å². The largest absolute Gasteiger partial charge is 0.494 e. The van der Waals surface area contributed by atoms with E-state index in [1.807, 2.05) is 30.5 Å². The molecule has 9 heteroatoms. The molecule has 1 N–H and O–H groups in total. The SMILES string of the molecule is COc1ccc(N2CCN(Cc3ncc[nH]3)C(Cc3ccccc3)C2)c2ccc(C(F)(F)F)nc12. The number of anilines is 1. The fraction of sp³-hybridized carbons (Fsp3) is 0.308. The number of methoxy groups -OCH3 is 1. The van der Waals surface area contributed by atoms with Crippen molar-refractivity contribution >= 4 is 16.6 Å². The highest BCUT2D eigenvalue weighted by Gasteiger charge is 2.34. The summed E-state index contributed by atoms with van der Waals surface area (Å²) in [4.78, 5) is 16.2. The smallest absolute Gasteiger partial charge is 0.433 e. The molecule has 0 amide bonds. The second-order valence-corrected chi connectivity index (χ2v) is 8.67. The first-order valence-corrected chi connectivity index (χ1v) is 11.5. The number of aromatic nitrogens is 3. The zero-order valence-electron chi connectivity index (χ0n) is 19.3. The van der Waals surface area contributed by atoms with E-state index >= 15 is 0 Å². The number of alkyl halides is 3. The molecule has 0 aliphatic carbocycles. The molecule has 1 aliphatic rings. The molecule has 1 atom stereocenters. The van der Waals surface area contributed by atoms with Crippen LogP contribution in [0.2, 0.25) is 0 Å². The first kappa shape index (κ1) is 23.2. The summed E-state index contributed by atoms with van der Waals surface area (Å²) < 4.78 is 45.4. The number of aromatic amines is 1. The third-order valence-electron chi connectivity index (χ3n) is 6.47. The van der Waals surface area contributed by atoms with Crippen LogP contribution < -0.4 is 9.64 Å². The van der Waals surface area contributed by atoms with Gasteiger partial charge in [0.1, 0.15) is 22.8 Å². The summed E-state index contributed by atoms with van der Waals surface area (Å²) in [5, 5.41) is 0.648. The Hall–Kier alpha value is -3.59. The second kappa shape index (κ2) is 9.58. The summed E-state index contributed by atoms with van der Waals surface area (Å²) in [6.07, 6.45) is -0.0942. The van der Waals surface area contributed by atoms with Gasteiger partial charge in [0.15, 0.2) is 0 Å². The molecule has 35 heavy (non-hydrogen) atoms. The minimum atomic E-state index is -4.52. The van der Waals surface area contributed by atoms with Gasteiger partial charge in [-0.15, -0.1) is 0 Å². The van der Waals surface area contributed by atoms with E-state index in [-0.39, 0.29) is 11.6 Å². The number of hydrogen-bond donors (Lipinski definition) is 1. The first-order valence-electron chi connectivity index (χ1n) is 11.5. The first-order chi connectivity index (χ1) is 16.9. The van der Waals surface area contributed by atoms with Crippen molar-refractivity contribution in [1.29, 1.82) is 0 Å². The molecule has 5 rings (SSSR count). The van der Waals surface area contributed by atoms with E-state index in [1.165, 1.54) is 18.7 Å². The van der Waals surface area contributed by atoms with Gasteiger partial charge in [0, 0.05) is 49.1 Å². The number of nitrogens with one attached hydrogen (secondary N) is 1. The Balaban J connectivity index is 1.48. The van der Waals surface area contributed by atoms with Crippen LogP contribution in [0, 0.1) is 0 Å². The van der Waals surface area contributed by atoms with Gasteiger partial charge in [-0.25, -0.2) is 9.97 Å². The molecule has 0 spiro atoms. The standard InChI is InChI=1S/C26H26F3N5O/c1-35-22-9-8-21(20-7-10-23(26(27,28)29)32-25(20)22)34-14-13-33(17-24-30-11-12-31-24)19(16-34)15-18-5-3-2-4-6-18/h2-12,19H,13-17H2,1H3,(H,30,31). The number of nitrogens with zero attached hydrogens (tertiary/aromatic N) is 4. The minimum absolute atomic E-state index is 0.191. The molecule has 0 bridgehead atoms. The van der Waals surface area contributed by atoms with Crippen LogP contribution in [0.3, 0.4) is 0 Å². The number of hydrogen-bond acceptors (Lipinski definition) is 5. The van der Waals surface area contributed by atoms with Gasteiger partial charge in [-0.05, 0) is 36.2 Å². The average molecular weight is 482 g/mol. The molecule has 2 aromatic heterocycles. The van der Waals surface area contributed by atoms with Gasteiger partial charge in [-0.3, -0.25) is 4.90 Å². The van der Waals surface area contributed by atoms with Crippen molar-refractivity contribution in [1.82, 2.24) is 19.9 Å². The highest BCUT2D eigenvalue weighted by molar-refractivity contribution is 5.96. The van der Waals surface area contributed by atoms with Crippen molar-refractivity contribution in [2.45, 2.75) is 25.2 Å². The predicted octanol–water partition coefficient (Wildman–Crippen LogP) is 4.92. The van der Waals surface area contributed by atoms with Crippen LogP contribution >= 0.6 is 0 Å². The van der Waals surface area contributed by atoms with Gasteiger partial charge in [-0.2, -0.15) is 13.2 Å². The van der Waals surface area contributed by atoms with Crippen LogP contribution in [-0.4, -0.2) is 52.6 Å². The fourth-order valence-electron chi connectivity index (χ4n) is 4.75. The van der Waals surface area contributed by atoms with Crippen molar-refractivity contribution in [3.8, 4) is 5.75 Å². The lowest BCUT2D eigenvalue weighted by Gasteiger charge is -2.42. The van der Waals surface area contributed by atoms with E-state index in [9.17, 15) is 13.2 Å². The Labute approximate surface area is 201 Å². The maximum Gasteiger partial charge on any atom is 0.433 e. The normalized spacial score (nSPS) is 17.1. The second-order valence-electron chi connectivity index (χ2n) is 8.67. The molecule has 2 aromatic carbocycles. The van der Waals surface area contributed by atoms with Crippen LogP contribution in [0.5, 0.6) is 5.75 Å². The van der Waals surface area contributed by atoms with E-state index in [1.54, 1.807) is 12.3 Å². The van der Waals surface area contributed by atoms with Crippen molar-refractivity contribution in [2.75, 3.05) is 31.6 Å². The summed E-state index contributed by atoms with van der Waals surface area (Å²) in [6, 6.07) is 16.7. The van der Waals surface area contributed by atoms with E-state index in [0.717, 1.165) is 43.6 Å². The molecule has 3 heterocycles. The predicted molar refractivity (Wildman–Crippen MR) is 128 cm³/mol. The van der Waals surface area contributed by atoms with E-state index in [2.05, 4.69) is 36.9 Å². The molecule has 1 saturated heterocycles. The molecule has 6 nitrogen and oxygen atoms in total. The zero-order valence-corrected chi connectivity index (χ0v) is 19.3. The lowest BCUT2D eigenvalue weighted by molar-refractivity contribution is -0.140. The number of imidazole rings is 1. The molecule has 1 aliphatic heterocycles. The van der Waals surface area contributed by atoms with E-state index in [4.69, 9.17) is 4.74 Å². The van der Waals surface area contributed by atoms with Gasteiger partial charge >= 0.3 is 6.18 Å². The maximum absolute atomic E-state index is 13.3. The molecular weight excluding hydrogens is 455 g/mol. The number of pyridine rings is 1. The molecule has 1 fully saturated rings. The molecule has 4 aromatic rings. The highest BCUT2D eigenvalue weighted by Crippen LogP contribution is 2.37. The number of halogens is 3. The lowest BCUT2D eigenvalue weighted by Crippen LogP contribution is -2.53. The maximum atomic E-state index is 13.3. The van der Waals surface area contributed by atoms with Crippen molar-refractivity contribution in [3.63, 3.8) is 0 Å². The number of rotatable bonds is 6. The molecule has 182 valence electrons. The Kier molecular flexibility index (Phi) is 6.34. The monoisotopic (exact) mass is 481 g/mol. The quantitative estimate of drug-likeness (QED) is 0.424. The number of fused-ring (bicyclic) bond motifs is 1. The number of benzene rings is 2. The molecule has 0 radical (unpaired) electrons.